The fraction of sp³-hybridized carbons (Fsp3) is 0.458. The quantitative estimate of drug-likeness (QED) is 0.444. The van der Waals surface area contributed by atoms with Gasteiger partial charge in [0.05, 0.1) is 34.6 Å². The Hall–Kier alpha value is -2.56. The fourth-order valence-electron chi connectivity index (χ4n) is 4.27. The van der Waals surface area contributed by atoms with Gasteiger partial charge in [0, 0.05) is 44.0 Å². The summed E-state index contributed by atoms with van der Waals surface area (Å²) >= 11 is 6.45. The third kappa shape index (κ3) is 5.82. The minimum Gasteiger partial charge on any atom is -0.368 e. The molecule has 1 fully saturated rings. The molecule has 0 aliphatic carbocycles. The molecule has 4 rings (SSSR count). The molecule has 0 saturated carbocycles. The number of benzene rings is 1. The molecule has 0 bridgehead atoms. The van der Waals surface area contributed by atoms with Gasteiger partial charge < -0.3 is 4.90 Å². The number of hydrogen-bond acceptors (Lipinski definition) is 7. The van der Waals surface area contributed by atoms with Crippen LogP contribution in [0.2, 0.25) is 5.02 Å². The molecule has 0 atom stereocenters. The summed E-state index contributed by atoms with van der Waals surface area (Å²) in [6.07, 6.45) is 5.59. The van der Waals surface area contributed by atoms with E-state index in [1.807, 2.05) is 12.3 Å². The van der Waals surface area contributed by atoms with Crippen LogP contribution < -0.4 is 4.90 Å². The molecule has 3 heterocycles. The molecular formula is C24H30ClFN6O2S. The molecule has 0 radical (unpaired) electrons. The summed E-state index contributed by atoms with van der Waals surface area (Å²) in [5, 5.41) is 8.29. The highest BCUT2D eigenvalue weighted by molar-refractivity contribution is 7.90. The van der Waals surface area contributed by atoms with Crippen LogP contribution in [0.5, 0.6) is 0 Å². The van der Waals surface area contributed by atoms with E-state index in [0.717, 1.165) is 37.4 Å². The van der Waals surface area contributed by atoms with Crippen molar-refractivity contribution in [3.05, 3.63) is 53.2 Å². The standard InChI is InChI=1S/C24H30ClFN6O2S/c1-4-11-35(33,34)16-18-5-6-21(26)24(23(18)25)32-15-22(28-29-32)19-12-20(14-27-13-19)31-9-7-30(8-10-31)17(2)3/h5-6,12-15,17H,4,7-11,16H2,1-3H3. The third-order valence-corrected chi connectivity index (χ3v) is 8.39. The summed E-state index contributed by atoms with van der Waals surface area (Å²) < 4.78 is 40.6. The van der Waals surface area contributed by atoms with Gasteiger partial charge >= 0.3 is 0 Å². The first-order valence-corrected chi connectivity index (χ1v) is 13.9. The van der Waals surface area contributed by atoms with Gasteiger partial charge in [-0.05, 0) is 38.0 Å². The number of aromatic nitrogens is 4. The fourth-order valence-corrected chi connectivity index (χ4v) is 6.13. The van der Waals surface area contributed by atoms with Gasteiger partial charge in [0.1, 0.15) is 17.2 Å². The van der Waals surface area contributed by atoms with E-state index in [9.17, 15) is 12.8 Å². The van der Waals surface area contributed by atoms with E-state index in [1.165, 1.54) is 16.8 Å². The Balaban J connectivity index is 1.59. The van der Waals surface area contributed by atoms with Crippen molar-refractivity contribution in [2.75, 3.05) is 36.8 Å². The van der Waals surface area contributed by atoms with Crippen molar-refractivity contribution >= 4 is 27.1 Å². The average Bonchev–Trinajstić information content (AvgIpc) is 3.31. The van der Waals surface area contributed by atoms with Crippen LogP contribution in [0.1, 0.15) is 32.8 Å². The summed E-state index contributed by atoms with van der Waals surface area (Å²) in [6, 6.07) is 5.13. The zero-order valence-electron chi connectivity index (χ0n) is 20.2. The lowest BCUT2D eigenvalue weighted by atomic mass is 10.2. The van der Waals surface area contributed by atoms with Gasteiger partial charge in [0.2, 0.25) is 0 Å². The highest BCUT2D eigenvalue weighted by Crippen LogP contribution is 2.30. The molecule has 0 unspecified atom stereocenters. The van der Waals surface area contributed by atoms with Gasteiger partial charge in [-0.3, -0.25) is 9.88 Å². The van der Waals surface area contributed by atoms with Crippen LogP contribution in [0.3, 0.4) is 0 Å². The van der Waals surface area contributed by atoms with Crippen molar-refractivity contribution < 1.29 is 12.8 Å². The number of sulfone groups is 1. The van der Waals surface area contributed by atoms with Crippen LogP contribution in [0.15, 0.2) is 36.8 Å². The zero-order chi connectivity index (χ0) is 25.2. The molecule has 1 aliphatic heterocycles. The van der Waals surface area contributed by atoms with E-state index >= 15 is 0 Å². The van der Waals surface area contributed by atoms with Gasteiger partial charge in [-0.2, -0.15) is 0 Å². The summed E-state index contributed by atoms with van der Waals surface area (Å²) in [7, 11) is -3.35. The van der Waals surface area contributed by atoms with Gasteiger partial charge in [-0.1, -0.05) is 29.8 Å². The Kier molecular flexibility index (Phi) is 7.73. The summed E-state index contributed by atoms with van der Waals surface area (Å²) in [4.78, 5) is 9.11. The van der Waals surface area contributed by atoms with E-state index < -0.39 is 15.7 Å². The van der Waals surface area contributed by atoms with E-state index in [0.29, 0.717) is 23.7 Å². The molecule has 1 saturated heterocycles. The highest BCUT2D eigenvalue weighted by atomic mass is 35.5. The topological polar surface area (TPSA) is 84.2 Å². The van der Waals surface area contributed by atoms with Crippen LogP contribution in [0, 0.1) is 5.82 Å². The van der Waals surface area contributed by atoms with Crippen molar-refractivity contribution in [1.82, 2.24) is 24.9 Å². The second kappa shape index (κ2) is 10.6. The Morgan fingerprint density at radius 1 is 1.14 bits per heavy atom. The van der Waals surface area contributed by atoms with Crippen LogP contribution >= 0.6 is 11.6 Å². The number of halogens is 2. The second-order valence-corrected chi connectivity index (χ2v) is 11.6. The average molecular weight is 521 g/mol. The van der Waals surface area contributed by atoms with Gasteiger partial charge in [0.15, 0.2) is 9.84 Å². The number of hydrogen-bond donors (Lipinski definition) is 0. The van der Waals surface area contributed by atoms with Crippen LogP contribution in [-0.4, -0.2) is 71.3 Å². The SMILES string of the molecule is CCCS(=O)(=O)Cc1ccc(F)c(-n2cc(-c3cncc(N4CCN(C(C)C)CC4)c3)nn2)c1Cl. The van der Waals surface area contributed by atoms with Crippen molar-refractivity contribution in [3.8, 4) is 16.9 Å². The maximum Gasteiger partial charge on any atom is 0.154 e. The van der Waals surface area contributed by atoms with Gasteiger partial charge in [-0.25, -0.2) is 17.5 Å². The van der Waals surface area contributed by atoms with Crippen molar-refractivity contribution in [2.45, 2.75) is 39.0 Å². The first-order valence-electron chi connectivity index (χ1n) is 11.7. The first kappa shape index (κ1) is 25.5. The summed E-state index contributed by atoms with van der Waals surface area (Å²) in [6.45, 7) is 9.99. The van der Waals surface area contributed by atoms with Crippen LogP contribution in [0.25, 0.3) is 16.9 Å². The number of pyridine rings is 1. The van der Waals surface area contributed by atoms with Gasteiger partial charge in [0.25, 0.3) is 0 Å². The minimum atomic E-state index is -3.35. The van der Waals surface area contributed by atoms with Gasteiger partial charge in [-0.15, -0.1) is 5.10 Å². The molecule has 11 heteroatoms. The number of rotatable bonds is 8. The van der Waals surface area contributed by atoms with E-state index in [4.69, 9.17) is 11.6 Å². The molecule has 35 heavy (non-hydrogen) atoms. The lowest BCUT2D eigenvalue weighted by Gasteiger charge is -2.38. The van der Waals surface area contributed by atoms with Crippen LogP contribution in [-0.2, 0) is 15.6 Å². The molecule has 8 nitrogen and oxygen atoms in total. The first-order chi connectivity index (χ1) is 16.7. The lowest BCUT2D eigenvalue weighted by molar-refractivity contribution is 0.209. The lowest BCUT2D eigenvalue weighted by Crippen LogP contribution is -2.48. The zero-order valence-corrected chi connectivity index (χ0v) is 21.7. The maximum atomic E-state index is 14.8. The Morgan fingerprint density at radius 2 is 1.89 bits per heavy atom. The minimum absolute atomic E-state index is 0.0102. The molecule has 0 amide bonds. The maximum absolute atomic E-state index is 14.8. The van der Waals surface area contributed by atoms with Crippen molar-refractivity contribution in [3.63, 3.8) is 0 Å². The molecule has 3 aromatic rings. The molecule has 1 aromatic carbocycles. The van der Waals surface area contributed by atoms with E-state index in [2.05, 4.69) is 38.9 Å². The smallest absolute Gasteiger partial charge is 0.154 e. The molecule has 2 aromatic heterocycles. The number of piperazine rings is 1. The molecule has 0 spiro atoms. The molecule has 0 N–H and O–H groups in total. The van der Waals surface area contributed by atoms with Crippen LogP contribution in [0.4, 0.5) is 10.1 Å². The Morgan fingerprint density at radius 3 is 2.57 bits per heavy atom. The Labute approximate surface area is 210 Å². The molecule has 188 valence electrons. The number of nitrogens with zero attached hydrogens (tertiary/aromatic N) is 6. The predicted octanol–water partition coefficient (Wildman–Crippen LogP) is 3.98. The Bertz CT molecular complexity index is 1290. The van der Waals surface area contributed by atoms with Crippen molar-refractivity contribution in [2.24, 2.45) is 0 Å². The molecule has 1 aliphatic rings. The largest absolute Gasteiger partial charge is 0.368 e. The van der Waals surface area contributed by atoms with E-state index in [1.54, 1.807) is 19.3 Å². The van der Waals surface area contributed by atoms with E-state index in [-0.39, 0.29) is 22.2 Å². The number of anilines is 1. The molecular weight excluding hydrogens is 491 g/mol. The highest BCUT2D eigenvalue weighted by Gasteiger charge is 2.22. The van der Waals surface area contributed by atoms with Crippen molar-refractivity contribution in [1.29, 1.82) is 0 Å². The second-order valence-electron chi connectivity index (χ2n) is 9.06. The normalized spacial score (nSPS) is 15.2. The third-order valence-electron chi connectivity index (χ3n) is 6.19. The predicted molar refractivity (Wildman–Crippen MR) is 136 cm³/mol. The summed E-state index contributed by atoms with van der Waals surface area (Å²) in [5.41, 5.74) is 2.56. The summed E-state index contributed by atoms with van der Waals surface area (Å²) in [5.74, 6) is -0.831. The monoisotopic (exact) mass is 520 g/mol.